The molecular weight excluding hydrogens is 282 g/mol. The van der Waals surface area contributed by atoms with Gasteiger partial charge in [-0.2, -0.15) is 0 Å². The molecule has 3 heteroatoms. The van der Waals surface area contributed by atoms with Crippen LogP contribution in [0.4, 0.5) is 0 Å². The minimum absolute atomic E-state index is 0.438. The number of thiophene rings is 1. The van der Waals surface area contributed by atoms with Crippen LogP contribution in [0.25, 0.3) is 0 Å². The molecule has 0 saturated carbocycles. The van der Waals surface area contributed by atoms with Crippen LogP contribution < -0.4 is 5.32 Å². The van der Waals surface area contributed by atoms with Gasteiger partial charge in [0.1, 0.15) is 0 Å². The Morgan fingerprint density at radius 3 is 2.56 bits per heavy atom. The summed E-state index contributed by atoms with van der Waals surface area (Å²) in [6, 6.07) is 3.14. The molecule has 0 radical (unpaired) electrons. The third-order valence-corrected chi connectivity index (χ3v) is 5.08. The molecule has 92 valence electrons. The minimum atomic E-state index is 0.438. The smallest absolute Gasteiger partial charge is 0.0399 e. The molecule has 1 N–H and O–H groups in total. The lowest BCUT2D eigenvalue weighted by atomic mass is 10.00. The zero-order chi connectivity index (χ0) is 12.1. The molecular formula is C13H22BrNS. The zero-order valence-corrected chi connectivity index (χ0v) is 13.0. The molecule has 1 aromatic heterocycles. The fourth-order valence-electron chi connectivity index (χ4n) is 1.96. The highest BCUT2D eigenvalue weighted by atomic mass is 79.9. The van der Waals surface area contributed by atoms with E-state index in [0.717, 1.165) is 5.92 Å². The molecule has 3 unspecified atom stereocenters. The third-order valence-electron chi connectivity index (χ3n) is 3.03. The molecule has 0 amide bonds. The van der Waals surface area contributed by atoms with Crippen LogP contribution in [-0.4, -0.2) is 6.04 Å². The van der Waals surface area contributed by atoms with E-state index in [2.05, 4.69) is 60.4 Å². The largest absolute Gasteiger partial charge is 0.307 e. The molecule has 0 aliphatic carbocycles. The molecule has 16 heavy (non-hydrogen) atoms. The SMILES string of the molecule is CCC(C)CC(C)NC(C)c1sccc1Br. The molecule has 1 nitrogen and oxygen atoms in total. The van der Waals surface area contributed by atoms with Crippen molar-refractivity contribution in [3.63, 3.8) is 0 Å². The zero-order valence-electron chi connectivity index (χ0n) is 10.6. The molecule has 0 aromatic carbocycles. The van der Waals surface area contributed by atoms with Crippen LogP contribution in [0, 0.1) is 5.92 Å². The van der Waals surface area contributed by atoms with Crippen molar-refractivity contribution >= 4 is 27.3 Å². The van der Waals surface area contributed by atoms with Gasteiger partial charge in [-0.25, -0.2) is 0 Å². The normalized spacial score (nSPS) is 17.1. The highest BCUT2D eigenvalue weighted by Gasteiger charge is 2.14. The maximum Gasteiger partial charge on any atom is 0.0399 e. The fraction of sp³-hybridized carbons (Fsp3) is 0.692. The van der Waals surface area contributed by atoms with E-state index in [1.165, 1.54) is 22.2 Å². The van der Waals surface area contributed by atoms with E-state index in [9.17, 15) is 0 Å². The van der Waals surface area contributed by atoms with Crippen molar-refractivity contribution in [2.24, 2.45) is 5.92 Å². The molecule has 0 fully saturated rings. The summed E-state index contributed by atoms with van der Waals surface area (Å²) in [5.41, 5.74) is 0. The van der Waals surface area contributed by atoms with Gasteiger partial charge < -0.3 is 5.32 Å². The summed E-state index contributed by atoms with van der Waals surface area (Å²) in [5.74, 6) is 0.807. The average molecular weight is 304 g/mol. The van der Waals surface area contributed by atoms with Gasteiger partial charge >= 0.3 is 0 Å². The van der Waals surface area contributed by atoms with E-state index in [1.807, 2.05) is 11.3 Å². The quantitative estimate of drug-likeness (QED) is 0.781. The van der Waals surface area contributed by atoms with Crippen LogP contribution in [0.3, 0.4) is 0 Å². The molecule has 0 saturated heterocycles. The van der Waals surface area contributed by atoms with Gasteiger partial charge in [-0.15, -0.1) is 11.3 Å². The van der Waals surface area contributed by atoms with Gasteiger partial charge in [0.15, 0.2) is 0 Å². The standard InChI is InChI=1S/C13H22BrNS/c1-5-9(2)8-10(3)15-11(4)13-12(14)6-7-16-13/h6-7,9-11,15H,5,8H2,1-4H3. The van der Waals surface area contributed by atoms with Crippen molar-refractivity contribution < 1.29 is 0 Å². The van der Waals surface area contributed by atoms with E-state index < -0.39 is 0 Å². The van der Waals surface area contributed by atoms with E-state index in [-0.39, 0.29) is 0 Å². The van der Waals surface area contributed by atoms with Gasteiger partial charge in [-0.1, -0.05) is 20.3 Å². The summed E-state index contributed by atoms with van der Waals surface area (Å²) in [5, 5.41) is 5.80. The summed E-state index contributed by atoms with van der Waals surface area (Å²) in [4.78, 5) is 1.40. The highest BCUT2D eigenvalue weighted by Crippen LogP contribution is 2.29. The first-order valence-electron chi connectivity index (χ1n) is 6.03. The summed E-state index contributed by atoms with van der Waals surface area (Å²) >= 11 is 5.41. The van der Waals surface area contributed by atoms with Gasteiger partial charge in [0.25, 0.3) is 0 Å². The Balaban J connectivity index is 2.45. The maximum atomic E-state index is 3.67. The monoisotopic (exact) mass is 303 g/mol. The van der Waals surface area contributed by atoms with Gasteiger partial charge in [0.05, 0.1) is 0 Å². The Kier molecular flexibility index (Phi) is 6.01. The second kappa shape index (κ2) is 6.77. The second-order valence-corrected chi connectivity index (χ2v) is 6.47. The first-order valence-corrected chi connectivity index (χ1v) is 7.70. The second-order valence-electron chi connectivity index (χ2n) is 4.67. The number of halogens is 1. The molecule has 0 bridgehead atoms. The van der Waals surface area contributed by atoms with Crippen LogP contribution in [0.2, 0.25) is 0 Å². The Bertz CT molecular complexity index is 311. The van der Waals surface area contributed by atoms with E-state index >= 15 is 0 Å². The average Bonchev–Trinajstić information content (AvgIpc) is 2.63. The predicted molar refractivity (Wildman–Crippen MR) is 77.1 cm³/mol. The lowest BCUT2D eigenvalue weighted by Crippen LogP contribution is -2.30. The number of rotatable bonds is 6. The Morgan fingerprint density at radius 1 is 1.38 bits per heavy atom. The number of hydrogen-bond acceptors (Lipinski definition) is 2. The van der Waals surface area contributed by atoms with Gasteiger partial charge in [0, 0.05) is 21.4 Å². The Morgan fingerprint density at radius 2 is 2.06 bits per heavy atom. The lowest BCUT2D eigenvalue weighted by Gasteiger charge is -2.22. The highest BCUT2D eigenvalue weighted by molar-refractivity contribution is 9.10. The number of nitrogens with one attached hydrogen (secondary N) is 1. The minimum Gasteiger partial charge on any atom is -0.307 e. The molecule has 1 aromatic rings. The van der Waals surface area contributed by atoms with Crippen LogP contribution in [0.1, 0.15) is 51.5 Å². The summed E-state index contributed by atoms with van der Waals surface area (Å²) in [7, 11) is 0. The van der Waals surface area contributed by atoms with E-state index in [4.69, 9.17) is 0 Å². The Labute approximate surface area is 112 Å². The molecule has 0 aliphatic heterocycles. The van der Waals surface area contributed by atoms with Gasteiger partial charge in [-0.05, 0) is 53.6 Å². The molecule has 0 aliphatic rings. The van der Waals surface area contributed by atoms with Crippen molar-refractivity contribution in [1.82, 2.24) is 5.32 Å². The lowest BCUT2D eigenvalue weighted by molar-refractivity contribution is 0.387. The van der Waals surface area contributed by atoms with E-state index in [0.29, 0.717) is 12.1 Å². The predicted octanol–water partition coefficient (Wildman–Crippen LogP) is 4.99. The van der Waals surface area contributed by atoms with Crippen molar-refractivity contribution in [2.75, 3.05) is 0 Å². The van der Waals surface area contributed by atoms with Gasteiger partial charge in [0.2, 0.25) is 0 Å². The van der Waals surface area contributed by atoms with Crippen LogP contribution >= 0.6 is 27.3 Å². The maximum absolute atomic E-state index is 3.67. The van der Waals surface area contributed by atoms with Crippen molar-refractivity contribution in [1.29, 1.82) is 0 Å². The first kappa shape index (κ1) is 14.2. The van der Waals surface area contributed by atoms with E-state index in [1.54, 1.807) is 0 Å². The topological polar surface area (TPSA) is 12.0 Å². The van der Waals surface area contributed by atoms with Crippen molar-refractivity contribution in [3.05, 3.63) is 20.8 Å². The molecule has 1 rings (SSSR count). The molecule has 1 heterocycles. The Hall–Kier alpha value is 0.140. The van der Waals surface area contributed by atoms with Crippen LogP contribution in [-0.2, 0) is 0 Å². The molecule has 3 atom stereocenters. The number of hydrogen-bond donors (Lipinski definition) is 1. The molecule has 0 spiro atoms. The fourth-order valence-corrected chi connectivity index (χ4v) is 3.69. The first-order chi connectivity index (χ1) is 7.54. The third kappa shape index (κ3) is 4.19. The summed E-state index contributed by atoms with van der Waals surface area (Å²) in [6.45, 7) is 9.11. The van der Waals surface area contributed by atoms with Crippen molar-refractivity contribution in [3.8, 4) is 0 Å². The van der Waals surface area contributed by atoms with Crippen molar-refractivity contribution in [2.45, 2.75) is 52.6 Å². The summed E-state index contributed by atoms with van der Waals surface area (Å²) < 4.78 is 1.23. The van der Waals surface area contributed by atoms with Gasteiger partial charge in [-0.3, -0.25) is 0 Å². The van der Waals surface area contributed by atoms with Crippen LogP contribution in [0.5, 0.6) is 0 Å². The van der Waals surface area contributed by atoms with Crippen LogP contribution in [0.15, 0.2) is 15.9 Å². The summed E-state index contributed by atoms with van der Waals surface area (Å²) in [6.07, 6.45) is 2.52.